The Kier molecular flexibility index (Phi) is 3.95. The Balaban J connectivity index is 1.98. The van der Waals surface area contributed by atoms with Crippen LogP contribution in [0.2, 0.25) is 0 Å². The molecule has 0 aliphatic carbocycles. The van der Waals surface area contributed by atoms with Crippen LogP contribution in [-0.4, -0.2) is 18.0 Å². The van der Waals surface area contributed by atoms with E-state index in [-0.39, 0.29) is 0 Å². The number of rotatable bonds is 2. The lowest BCUT2D eigenvalue weighted by atomic mass is 9.99. The third-order valence-electron chi connectivity index (χ3n) is 3.43. The molecule has 0 saturated carbocycles. The first kappa shape index (κ1) is 13.4. The van der Waals surface area contributed by atoms with E-state index in [1.165, 1.54) is 25.0 Å². The van der Waals surface area contributed by atoms with Gasteiger partial charge in [0.2, 0.25) is 0 Å². The highest BCUT2D eigenvalue weighted by Gasteiger charge is 2.30. The molecular formula is C14H18F3N. The summed E-state index contributed by atoms with van der Waals surface area (Å²) in [4.78, 5) is 2.32. The molecule has 1 atom stereocenters. The van der Waals surface area contributed by atoms with Gasteiger partial charge in [0.1, 0.15) is 0 Å². The highest BCUT2D eigenvalue weighted by atomic mass is 19.4. The summed E-state index contributed by atoms with van der Waals surface area (Å²) < 4.78 is 37.3. The smallest absolute Gasteiger partial charge is 0.299 e. The number of nitrogens with zero attached hydrogens (tertiary/aromatic N) is 1. The van der Waals surface area contributed by atoms with Gasteiger partial charge in [-0.2, -0.15) is 13.2 Å². The Morgan fingerprint density at radius 2 is 1.89 bits per heavy atom. The first-order chi connectivity index (χ1) is 8.45. The lowest BCUT2D eigenvalue weighted by Gasteiger charge is -2.30. The van der Waals surface area contributed by atoms with E-state index >= 15 is 0 Å². The molecule has 18 heavy (non-hydrogen) atoms. The van der Waals surface area contributed by atoms with Gasteiger partial charge in [0, 0.05) is 13.1 Å². The number of halogens is 3. The van der Waals surface area contributed by atoms with Crippen molar-refractivity contribution in [2.75, 3.05) is 13.1 Å². The molecular weight excluding hydrogens is 239 g/mol. The topological polar surface area (TPSA) is 3.24 Å². The number of likely N-dealkylation sites (tertiary alicyclic amines) is 1. The molecule has 100 valence electrons. The zero-order chi connectivity index (χ0) is 13.2. The van der Waals surface area contributed by atoms with Crippen molar-refractivity contribution in [3.63, 3.8) is 0 Å². The molecule has 0 amide bonds. The molecule has 1 aliphatic heterocycles. The Morgan fingerprint density at radius 3 is 2.44 bits per heavy atom. The highest BCUT2D eigenvalue weighted by molar-refractivity contribution is 5.24. The van der Waals surface area contributed by atoms with Crippen molar-refractivity contribution in [1.29, 1.82) is 0 Å². The average molecular weight is 257 g/mol. The summed E-state index contributed by atoms with van der Waals surface area (Å²) in [6, 6.07) is 5.51. The van der Waals surface area contributed by atoms with E-state index < -0.39 is 11.7 Å². The SMILES string of the molecule is C[C@@H]1CCCN(Cc2ccc(C(F)(F)F)cc2)C1. The van der Waals surface area contributed by atoms with Crippen LogP contribution < -0.4 is 0 Å². The van der Waals surface area contributed by atoms with Crippen LogP contribution in [0.15, 0.2) is 24.3 Å². The van der Waals surface area contributed by atoms with E-state index in [0.717, 1.165) is 25.2 Å². The van der Waals surface area contributed by atoms with Gasteiger partial charge in [0.25, 0.3) is 0 Å². The Bertz CT molecular complexity index is 383. The Labute approximate surface area is 106 Å². The van der Waals surface area contributed by atoms with E-state index in [9.17, 15) is 13.2 Å². The Morgan fingerprint density at radius 1 is 1.22 bits per heavy atom. The molecule has 1 aromatic rings. The largest absolute Gasteiger partial charge is 0.416 e. The van der Waals surface area contributed by atoms with Crippen molar-refractivity contribution in [2.24, 2.45) is 5.92 Å². The van der Waals surface area contributed by atoms with Crippen molar-refractivity contribution in [1.82, 2.24) is 4.90 Å². The average Bonchev–Trinajstić information content (AvgIpc) is 2.28. The van der Waals surface area contributed by atoms with Gasteiger partial charge < -0.3 is 0 Å². The molecule has 0 unspecified atom stereocenters. The molecule has 0 bridgehead atoms. The molecule has 4 heteroatoms. The van der Waals surface area contributed by atoms with Crippen molar-refractivity contribution >= 4 is 0 Å². The summed E-state index contributed by atoms with van der Waals surface area (Å²) in [5.41, 5.74) is 0.385. The molecule has 0 spiro atoms. The van der Waals surface area contributed by atoms with Gasteiger partial charge in [0.15, 0.2) is 0 Å². The predicted octanol–water partition coefficient (Wildman–Crippen LogP) is 3.94. The monoisotopic (exact) mass is 257 g/mol. The van der Waals surface area contributed by atoms with Crippen LogP contribution in [-0.2, 0) is 12.7 Å². The lowest BCUT2D eigenvalue weighted by Crippen LogP contribution is -2.33. The minimum atomic E-state index is -4.24. The quantitative estimate of drug-likeness (QED) is 0.775. The molecule has 1 aliphatic rings. The van der Waals surface area contributed by atoms with Crippen LogP contribution in [0.3, 0.4) is 0 Å². The van der Waals surface area contributed by atoms with E-state index in [4.69, 9.17) is 0 Å². The van der Waals surface area contributed by atoms with Gasteiger partial charge in [-0.15, -0.1) is 0 Å². The predicted molar refractivity (Wildman–Crippen MR) is 65.1 cm³/mol. The number of benzene rings is 1. The summed E-state index contributed by atoms with van der Waals surface area (Å²) in [7, 11) is 0. The van der Waals surface area contributed by atoms with Crippen LogP contribution in [0, 0.1) is 5.92 Å². The van der Waals surface area contributed by atoms with E-state index in [0.29, 0.717) is 5.92 Å². The minimum absolute atomic E-state index is 0.571. The third kappa shape index (κ3) is 3.48. The number of alkyl halides is 3. The van der Waals surface area contributed by atoms with Crippen molar-refractivity contribution in [3.8, 4) is 0 Å². The molecule has 1 saturated heterocycles. The summed E-state index contributed by atoms with van der Waals surface area (Å²) in [5, 5.41) is 0. The maximum Gasteiger partial charge on any atom is 0.416 e. The lowest BCUT2D eigenvalue weighted by molar-refractivity contribution is -0.137. The summed E-state index contributed by atoms with van der Waals surface area (Å²) in [5.74, 6) is 0.688. The van der Waals surface area contributed by atoms with Crippen LogP contribution in [0.5, 0.6) is 0 Å². The zero-order valence-electron chi connectivity index (χ0n) is 10.5. The van der Waals surface area contributed by atoms with Crippen LogP contribution in [0.25, 0.3) is 0 Å². The van der Waals surface area contributed by atoms with E-state index in [1.807, 2.05) is 0 Å². The maximum absolute atomic E-state index is 12.4. The second-order valence-corrected chi connectivity index (χ2v) is 5.18. The number of hydrogen-bond acceptors (Lipinski definition) is 1. The van der Waals surface area contributed by atoms with Crippen LogP contribution >= 0.6 is 0 Å². The fourth-order valence-corrected chi connectivity index (χ4v) is 2.49. The molecule has 0 aromatic heterocycles. The number of piperidine rings is 1. The summed E-state index contributed by atoms with van der Waals surface area (Å²) >= 11 is 0. The Hall–Kier alpha value is -1.03. The maximum atomic E-state index is 12.4. The number of hydrogen-bond donors (Lipinski definition) is 0. The fraction of sp³-hybridized carbons (Fsp3) is 0.571. The van der Waals surface area contributed by atoms with Gasteiger partial charge in [-0.05, 0) is 43.0 Å². The minimum Gasteiger partial charge on any atom is -0.299 e. The van der Waals surface area contributed by atoms with Gasteiger partial charge >= 0.3 is 6.18 Å². The van der Waals surface area contributed by atoms with Crippen molar-refractivity contribution < 1.29 is 13.2 Å². The normalized spacial score (nSPS) is 22.1. The first-order valence-corrected chi connectivity index (χ1v) is 6.33. The van der Waals surface area contributed by atoms with Gasteiger partial charge in [-0.25, -0.2) is 0 Å². The fourth-order valence-electron chi connectivity index (χ4n) is 2.49. The highest BCUT2D eigenvalue weighted by Crippen LogP contribution is 2.29. The van der Waals surface area contributed by atoms with Gasteiger partial charge in [-0.1, -0.05) is 19.1 Å². The van der Waals surface area contributed by atoms with Crippen molar-refractivity contribution in [2.45, 2.75) is 32.5 Å². The summed E-state index contributed by atoms with van der Waals surface area (Å²) in [6.07, 6.45) is -1.80. The van der Waals surface area contributed by atoms with E-state index in [1.54, 1.807) is 12.1 Å². The van der Waals surface area contributed by atoms with Crippen molar-refractivity contribution in [3.05, 3.63) is 35.4 Å². The molecule has 0 N–H and O–H groups in total. The van der Waals surface area contributed by atoms with Gasteiger partial charge in [0.05, 0.1) is 5.56 Å². The van der Waals surface area contributed by atoms with E-state index in [2.05, 4.69) is 11.8 Å². The molecule has 1 aromatic carbocycles. The zero-order valence-corrected chi connectivity index (χ0v) is 10.5. The molecule has 1 nitrogen and oxygen atoms in total. The first-order valence-electron chi connectivity index (χ1n) is 6.33. The standard InChI is InChI=1S/C14H18F3N/c1-11-3-2-8-18(9-11)10-12-4-6-13(7-5-12)14(15,16)17/h4-7,11H,2-3,8-10H2,1H3/t11-/m1/s1. The summed E-state index contributed by atoms with van der Waals surface area (Å²) in [6.45, 7) is 5.06. The molecule has 1 heterocycles. The molecule has 0 radical (unpaired) electrons. The second kappa shape index (κ2) is 5.31. The van der Waals surface area contributed by atoms with Crippen LogP contribution in [0.4, 0.5) is 13.2 Å². The second-order valence-electron chi connectivity index (χ2n) is 5.18. The van der Waals surface area contributed by atoms with Gasteiger partial charge in [-0.3, -0.25) is 4.90 Å². The molecule has 1 fully saturated rings. The van der Waals surface area contributed by atoms with Crippen LogP contribution in [0.1, 0.15) is 30.9 Å². The third-order valence-corrected chi connectivity index (χ3v) is 3.43. The molecule has 2 rings (SSSR count).